The van der Waals surface area contributed by atoms with Crippen LogP contribution < -0.4 is 5.32 Å². The number of oxazole rings is 1. The third-order valence-electron chi connectivity index (χ3n) is 2.21. The molecule has 0 unspecified atom stereocenters. The predicted octanol–water partition coefficient (Wildman–Crippen LogP) is 1.96. The highest BCUT2D eigenvalue weighted by atomic mass is 32.2. The molecule has 0 radical (unpaired) electrons. The first-order valence-corrected chi connectivity index (χ1v) is 6.42. The van der Waals surface area contributed by atoms with E-state index in [1.165, 1.54) is 11.8 Å². The van der Waals surface area contributed by atoms with Gasteiger partial charge >= 0.3 is 0 Å². The molecular formula is C12H15N3O2S. The van der Waals surface area contributed by atoms with Crippen LogP contribution in [0.2, 0.25) is 0 Å². The van der Waals surface area contributed by atoms with Crippen molar-refractivity contribution in [1.82, 2.24) is 15.3 Å². The summed E-state index contributed by atoms with van der Waals surface area (Å²) < 4.78 is 10.1. The molecule has 2 aromatic heterocycles. The van der Waals surface area contributed by atoms with Gasteiger partial charge in [0.15, 0.2) is 0 Å². The summed E-state index contributed by atoms with van der Waals surface area (Å²) in [5.41, 5.74) is 1.14. The van der Waals surface area contributed by atoms with Gasteiger partial charge in [0.25, 0.3) is 5.22 Å². The summed E-state index contributed by atoms with van der Waals surface area (Å²) >= 11 is 1.41. The van der Waals surface area contributed by atoms with E-state index in [2.05, 4.69) is 15.3 Å². The summed E-state index contributed by atoms with van der Waals surface area (Å²) in [6.45, 7) is 2.34. The van der Waals surface area contributed by atoms with Crippen LogP contribution in [0.15, 0.2) is 45.5 Å². The zero-order valence-electron chi connectivity index (χ0n) is 10.1. The molecule has 0 saturated heterocycles. The van der Waals surface area contributed by atoms with Gasteiger partial charge in [-0.05, 0) is 23.4 Å². The van der Waals surface area contributed by atoms with Gasteiger partial charge in [0, 0.05) is 26.4 Å². The number of aromatic nitrogens is 2. The molecule has 6 heteroatoms. The lowest BCUT2D eigenvalue weighted by molar-refractivity contribution is 0.199. The van der Waals surface area contributed by atoms with Crippen molar-refractivity contribution in [3.8, 4) is 0 Å². The highest BCUT2D eigenvalue weighted by Gasteiger charge is 2.02. The Morgan fingerprint density at radius 3 is 3.00 bits per heavy atom. The summed E-state index contributed by atoms with van der Waals surface area (Å²) in [6, 6.07) is 4.00. The Morgan fingerprint density at radius 2 is 2.33 bits per heavy atom. The SMILES string of the molecule is COCCNCc1ccc(Sc2ncco2)nc1. The molecule has 5 nitrogen and oxygen atoms in total. The molecular weight excluding hydrogens is 250 g/mol. The number of hydrogen-bond donors (Lipinski definition) is 1. The van der Waals surface area contributed by atoms with E-state index in [4.69, 9.17) is 9.15 Å². The Balaban J connectivity index is 1.82. The van der Waals surface area contributed by atoms with Crippen LogP contribution in [0, 0.1) is 0 Å². The Morgan fingerprint density at radius 1 is 1.39 bits per heavy atom. The first-order chi connectivity index (χ1) is 8.88. The van der Waals surface area contributed by atoms with E-state index >= 15 is 0 Å². The Labute approximate surface area is 110 Å². The second kappa shape index (κ2) is 7.15. The Bertz CT molecular complexity index is 445. The van der Waals surface area contributed by atoms with Crippen molar-refractivity contribution in [1.29, 1.82) is 0 Å². The summed E-state index contributed by atoms with van der Waals surface area (Å²) in [7, 11) is 1.69. The lowest BCUT2D eigenvalue weighted by Crippen LogP contribution is -2.18. The van der Waals surface area contributed by atoms with E-state index in [9.17, 15) is 0 Å². The van der Waals surface area contributed by atoms with Crippen molar-refractivity contribution in [3.05, 3.63) is 36.4 Å². The molecule has 0 aliphatic heterocycles. The zero-order chi connectivity index (χ0) is 12.6. The van der Waals surface area contributed by atoms with Gasteiger partial charge in [-0.3, -0.25) is 0 Å². The summed E-state index contributed by atoms with van der Waals surface area (Å²) in [4.78, 5) is 8.38. The van der Waals surface area contributed by atoms with E-state index in [0.29, 0.717) is 11.8 Å². The average molecular weight is 265 g/mol. The standard InChI is InChI=1S/C12H15N3O2S/c1-16-6-4-13-8-10-2-3-11(15-9-10)18-12-14-5-7-17-12/h2-3,5,7,9,13H,4,6,8H2,1H3. The Kier molecular flexibility index (Phi) is 5.19. The van der Waals surface area contributed by atoms with E-state index < -0.39 is 0 Å². The highest BCUT2D eigenvalue weighted by Crippen LogP contribution is 2.23. The van der Waals surface area contributed by atoms with E-state index in [1.807, 2.05) is 18.3 Å². The van der Waals surface area contributed by atoms with Crippen LogP contribution in [0.3, 0.4) is 0 Å². The van der Waals surface area contributed by atoms with Crippen molar-refractivity contribution in [2.75, 3.05) is 20.3 Å². The summed E-state index contributed by atoms with van der Waals surface area (Å²) in [5, 5.41) is 4.74. The molecule has 0 aliphatic carbocycles. The normalized spacial score (nSPS) is 10.7. The fourth-order valence-electron chi connectivity index (χ4n) is 1.33. The molecule has 0 atom stereocenters. The number of rotatable bonds is 7. The van der Waals surface area contributed by atoms with Gasteiger partial charge in [-0.25, -0.2) is 9.97 Å². The zero-order valence-corrected chi connectivity index (χ0v) is 10.9. The van der Waals surface area contributed by atoms with Crippen LogP contribution in [0.5, 0.6) is 0 Å². The number of pyridine rings is 1. The second-order valence-corrected chi connectivity index (χ2v) is 4.55. The van der Waals surface area contributed by atoms with Crippen molar-refractivity contribution >= 4 is 11.8 Å². The van der Waals surface area contributed by atoms with Gasteiger partial charge in [-0.2, -0.15) is 0 Å². The van der Waals surface area contributed by atoms with Crippen LogP contribution in [0.1, 0.15) is 5.56 Å². The number of nitrogens with one attached hydrogen (secondary N) is 1. The number of methoxy groups -OCH3 is 1. The third kappa shape index (κ3) is 4.14. The molecule has 18 heavy (non-hydrogen) atoms. The average Bonchev–Trinajstić information content (AvgIpc) is 2.89. The van der Waals surface area contributed by atoms with Crippen LogP contribution in [-0.2, 0) is 11.3 Å². The topological polar surface area (TPSA) is 60.2 Å². The molecule has 0 fully saturated rings. The molecule has 0 aliphatic rings. The van der Waals surface area contributed by atoms with E-state index in [1.54, 1.807) is 19.6 Å². The Hall–Kier alpha value is -1.37. The molecule has 2 aromatic rings. The van der Waals surface area contributed by atoms with Crippen molar-refractivity contribution in [2.45, 2.75) is 16.8 Å². The van der Waals surface area contributed by atoms with Gasteiger partial charge in [0.1, 0.15) is 11.3 Å². The minimum absolute atomic E-state index is 0.605. The maximum Gasteiger partial charge on any atom is 0.261 e. The van der Waals surface area contributed by atoms with Crippen molar-refractivity contribution in [2.24, 2.45) is 0 Å². The summed E-state index contributed by atoms with van der Waals surface area (Å²) in [5.74, 6) is 0. The number of ether oxygens (including phenoxy) is 1. The van der Waals surface area contributed by atoms with Crippen LogP contribution in [0.25, 0.3) is 0 Å². The second-order valence-electron chi connectivity index (χ2n) is 3.57. The number of nitrogens with zero attached hydrogens (tertiary/aromatic N) is 2. The van der Waals surface area contributed by atoms with Crippen LogP contribution in [0.4, 0.5) is 0 Å². The monoisotopic (exact) mass is 265 g/mol. The first-order valence-electron chi connectivity index (χ1n) is 5.60. The molecule has 1 N–H and O–H groups in total. The lowest BCUT2D eigenvalue weighted by Gasteiger charge is -2.04. The molecule has 0 spiro atoms. The maximum absolute atomic E-state index is 5.15. The van der Waals surface area contributed by atoms with Gasteiger partial charge in [0.2, 0.25) is 0 Å². The van der Waals surface area contributed by atoms with Crippen molar-refractivity contribution in [3.63, 3.8) is 0 Å². The van der Waals surface area contributed by atoms with Crippen molar-refractivity contribution < 1.29 is 9.15 Å². The fourth-order valence-corrected chi connectivity index (χ4v) is 1.97. The van der Waals surface area contributed by atoms with Gasteiger partial charge in [-0.15, -0.1) is 0 Å². The van der Waals surface area contributed by atoms with Gasteiger partial charge < -0.3 is 14.5 Å². The molecule has 2 heterocycles. The van der Waals surface area contributed by atoms with Gasteiger partial charge in [-0.1, -0.05) is 6.07 Å². The van der Waals surface area contributed by atoms with E-state index in [-0.39, 0.29) is 0 Å². The summed E-state index contributed by atoms with van der Waals surface area (Å²) in [6.07, 6.45) is 5.03. The molecule has 0 aromatic carbocycles. The largest absolute Gasteiger partial charge is 0.440 e. The minimum Gasteiger partial charge on any atom is -0.440 e. The maximum atomic E-state index is 5.15. The van der Waals surface area contributed by atoms with E-state index in [0.717, 1.165) is 23.7 Å². The number of hydrogen-bond acceptors (Lipinski definition) is 6. The molecule has 0 bridgehead atoms. The quantitative estimate of drug-likeness (QED) is 0.772. The minimum atomic E-state index is 0.605. The molecule has 2 rings (SSSR count). The van der Waals surface area contributed by atoms with Gasteiger partial charge in [0.05, 0.1) is 12.8 Å². The smallest absolute Gasteiger partial charge is 0.261 e. The fraction of sp³-hybridized carbons (Fsp3) is 0.333. The third-order valence-corrected chi connectivity index (χ3v) is 3.04. The molecule has 96 valence electrons. The molecule has 0 saturated carbocycles. The lowest BCUT2D eigenvalue weighted by atomic mass is 10.3. The predicted molar refractivity (Wildman–Crippen MR) is 68.4 cm³/mol. The first kappa shape index (κ1) is 13.1. The van der Waals surface area contributed by atoms with Crippen LogP contribution in [-0.4, -0.2) is 30.2 Å². The highest BCUT2D eigenvalue weighted by molar-refractivity contribution is 7.99. The van der Waals surface area contributed by atoms with Crippen LogP contribution >= 0.6 is 11.8 Å². The molecule has 0 amide bonds.